The molecule has 0 saturated heterocycles. The average molecular weight is 257 g/mol. The molecule has 0 bridgehead atoms. The first-order valence-corrected chi connectivity index (χ1v) is 6.39. The van der Waals surface area contributed by atoms with Crippen molar-refractivity contribution < 1.29 is 9.21 Å². The Hall–Kier alpha value is -2.03. The van der Waals surface area contributed by atoms with E-state index in [2.05, 4.69) is 31.8 Å². The maximum Gasteiger partial charge on any atom is 0.224 e. The number of amides is 1. The molecule has 0 saturated carbocycles. The molecule has 0 atom stereocenters. The number of aryl methyl sites for hydroxylation is 3. The van der Waals surface area contributed by atoms with Crippen LogP contribution in [-0.4, -0.2) is 12.5 Å². The summed E-state index contributed by atoms with van der Waals surface area (Å²) in [7, 11) is 0. The van der Waals surface area contributed by atoms with Crippen LogP contribution in [0, 0.1) is 20.8 Å². The molecule has 1 aromatic heterocycles. The summed E-state index contributed by atoms with van der Waals surface area (Å²) in [5, 5.41) is 3.85. The van der Waals surface area contributed by atoms with E-state index < -0.39 is 0 Å². The summed E-state index contributed by atoms with van der Waals surface area (Å²) in [5.74, 6) is -0.0137. The molecule has 0 fully saturated rings. The van der Waals surface area contributed by atoms with E-state index in [1.165, 1.54) is 5.56 Å². The predicted molar refractivity (Wildman–Crippen MR) is 77.3 cm³/mol. The minimum absolute atomic E-state index is 0.0137. The van der Waals surface area contributed by atoms with Gasteiger partial charge in [0.15, 0.2) is 0 Å². The van der Waals surface area contributed by atoms with Gasteiger partial charge in [-0.05, 0) is 37.5 Å². The van der Waals surface area contributed by atoms with Crippen LogP contribution in [-0.2, 0) is 11.2 Å². The van der Waals surface area contributed by atoms with E-state index in [0.29, 0.717) is 13.0 Å². The van der Waals surface area contributed by atoms with Crippen molar-refractivity contribution in [3.63, 3.8) is 0 Å². The Morgan fingerprint density at radius 3 is 2.79 bits per heavy atom. The first-order valence-electron chi connectivity index (χ1n) is 6.39. The third-order valence-electron chi connectivity index (χ3n) is 3.42. The van der Waals surface area contributed by atoms with Gasteiger partial charge >= 0.3 is 0 Å². The molecule has 3 heteroatoms. The summed E-state index contributed by atoms with van der Waals surface area (Å²) in [6.07, 6.45) is 3.70. The second-order valence-electron chi connectivity index (χ2n) is 4.87. The number of hydrogen-bond acceptors (Lipinski definition) is 2. The van der Waals surface area contributed by atoms with Gasteiger partial charge in [0.1, 0.15) is 5.58 Å². The van der Waals surface area contributed by atoms with Crippen LogP contribution in [0.15, 0.2) is 29.4 Å². The molecular formula is C16H19NO2. The van der Waals surface area contributed by atoms with Crippen LogP contribution in [0.4, 0.5) is 0 Å². The first kappa shape index (κ1) is 13.4. The molecule has 19 heavy (non-hydrogen) atoms. The Kier molecular flexibility index (Phi) is 3.74. The van der Waals surface area contributed by atoms with Crippen LogP contribution >= 0.6 is 0 Å². The van der Waals surface area contributed by atoms with Crippen molar-refractivity contribution in [3.05, 3.63) is 47.2 Å². The minimum Gasteiger partial charge on any atom is -0.464 e. The Morgan fingerprint density at radius 2 is 2.11 bits per heavy atom. The van der Waals surface area contributed by atoms with Gasteiger partial charge < -0.3 is 9.73 Å². The van der Waals surface area contributed by atoms with E-state index in [9.17, 15) is 4.79 Å². The molecule has 1 aromatic carbocycles. The van der Waals surface area contributed by atoms with Gasteiger partial charge in [-0.1, -0.05) is 12.1 Å². The number of rotatable bonds is 4. The fourth-order valence-electron chi connectivity index (χ4n) is 2.34. The molecule has 0 unspecified atom stereocenters. The summed E-state index contributed by atoms with van der Waals surface area (Å²) in [6.45, 7) is 10.2. The molecule has 100 valence electrons. The van der Waals surface area contributed by atoms with Gasteiger partial charge in [0.2, 0.25) is 5.91 Å². The van der Waals surface area contributed by atoms with Gasteiger partial charge in [0.05, 0.1) is 12.7 Å². The summed E-state index contributed by atoms with van der Waals surface area (Å²) in [6, 6.07) is 2.14. The molecular weight excluding hydrogens is 238 g/mol. The molecule has 0 aliphatic heterocycles. The van der Waals surface area contributed by atoms with Crippen molar-refractivity contribution in [3.8, 4) is 0 Å². The van der Waals surface area contributed by atoms with Crippen LogP contribution in [0.2, 0.25) is 0 Å². The van der Waals surface area contributed by atoms with Gasteiger partial charge in [-0.15, -0.1) is 6.58 Å². The monoisotopic (exact) mass is 257 g/mol. The van der Waals surface area contributed by atoms with E-state index in [1.54, 1.807) is 12.3 Å². The zero-order valence-electron chi connectivity index (χ0n) is 11.7. The lowest BCUT2D eigenvalue weighted by Gasteiger charge is -2.06. The molecule has 0 aliphatic rings. The van der Waals surface area contributed by atoms with Gasteiger partial charge in [0, 0.05) is 17.5 Å². The average Bonchev–Trinajstić information content (AvgIpc) is 2.78. The predicted octanol–water partition coefficient (Wildman–Crippen LogP) is 3.20. The largest absolute Gasteiger partial charge is 0.464 e. The number of carbonyl (C=O) groups is 1. The van der Waals surface area contributed by atoms with Crippen molar-refractivity contribution in [2.45, 2.75) is 27.2 Å². The second kappa shape index (κ2) is 5.31. The van der Waals surface area contributed by atoms with E-state index >= 15 is 0 Å². The van der Waals surface area contributed by atoms with Crippen LogP contribution in [0.1, 0.15) is 22.3 Å². The normalized spacial score (nSPS) is 10.7. The summed E-state index contributed by atoms with van der Waals surface area (Å²) in [4.78, 5) is 11.8. The van der Waals surface area contributed by atoms with E-state index in [0.717, 1.165) is 27.7 Å². The highest BCUT2D eigenvalue weighted by atomic mass is 16.3. The van der Waals surface area contributed by atoms with Crippen LogP contribution < -0.4 is 5.32 Å². The van der Waals surface area contributed by atoms with Crippen molar-refractivity contribution in [1.29, 1.82) is 0 Å². The smallest absolute Gasteiger partial charge is 0.224 e. The quantitative estimate of drug-likeness (QED) is 0.855. The van der Waals surface area contributed by atoms with Gasteiger partial charge in [-0.2, -0.15) is 0 Å². The molecule has 0 spiro atoms. The number of nitrogens with one attached hydrogen (secondary N) is 1. The Labute approximate surface area is 113 Å². The lowest BCUT2D eigenvalue weighted by atomic mass is 9.99. The molecule has 2 aromatic rings. The summed E-state index contributed by atoms with van der Waals surface area (Å²) in [5.41, 5.74) is 5.33. The standard InChI is InChI=1S/C16H19NO2/c1-5-6-17-14(18)8-13-9-19-16-12(4)10(2)7-11(3)15(13)16/h5,7,9H,1,6,8H2,2-4H3,(H,17,18). The highest BCUT2D eigenvalue weighted by Crippen LogP contribution is 2.30. The van der Waals surface area contributed by atoms with Crippen molar-refractivity contribution in [2.75, 3.05) is 6.54 Å². The number of furan rings is 1. The van der Waals surface area contributed by atoms with Crippen LogP contribution in [0.25, 0.3) is 11.0 Å². The third kappa shape index (κ3) is 2.55. The molecule has 2 rings (SSSR count). The van der Waals surface area contributed by atoms with E-state index in [-0.39, 0.29) is 5.91 Å². The fraction of sp³-hybridized carbons (Fsp3) is 0.312. The second-order valence-corrected chi connectivity index (χ2v) is 4.87. The topological polar surface area (TPSA) is 42.2 Å². The zero-order valence-corrected chi connectivity index (χ0v) is 11.7. The van der Waals surface area contributed by atoms with Crippen LogP contribution in [0.3, 0.4) is 0 Å². The van der Waals surface area contributed by atoms with E-state index in [4.69, 9.17) is 4.42 Å². The maximum atomic E-state index is 11.8. The lowest BCUT2D eigenvalue weighted by molar-refractivity contribution is -0.120. The lowest BCUT2D eigenvalue weighted by Crippen LogP contribution is -2.24. The molecule has 1 amide bonds. The van der Waals surface area contributed by atoms with Gasteiger partial charge in [-0.3, -0.25) is 4.79 Å². The van der Waals surface area contributed by atoms with Crippen molar-refractivity contribution >= 4 is 16.9 Å². The minimum atomic E-state index is -0.0137. The number of fused-ring (bicyclic) bond motifs is 1. The summed E-state index contributed by atoms with van der Waals surface area (Å²) >= 11 is 0. The van der Waals surface area contributed by atoms with Crippen molar-refractivity contribution in [2.24, 2.45) is 0 Å². The molecule has 3 nitrogen and oxygen atoms in total. The summed E-state index contributed by atoms with van der Waals surface area (Å²) < 4.78 is 5.65. The SMILES string of the molecule is C=CCNC(=O)Cc1coc2c(C)c(C)cc(C)c12. The van der Waals surface area contributed by atoms with Gasteiger partial charge in [0.25, 0.3) is 0 Å². The fourth-order valence-corrected chi connectivity index (χ4v) is 2.34. The Morgan fingerprint density at radius 1 is 1.37 bits per heavy atom. The highest BCUT2D eigenvalue weighted by molar-refractivity contribution is 5.91. The maximum absolute atomic E-state index is 11.8. The van der Waals surface area contributed by atoms with E-state index in [1.807, 2.05) is 6.92 Å². The Balaban J connectivity index is 2.38. The number of carbonyl (C=O) groups excluding carboxylic acids is 1. The highest BCUT2D eigenvalue weighted by Gasteiger charge is 2.14. The number of benzene rings is 1. The number of hydrogen-bond donors (Lipinski definition) is 1. The zero-order chi connectivity index (χ0) is 14.0. The van der Waals surface area contributed by atoms with Gasteiger partial charge in [-0.25, -0.2) is 0 Å². The molecule has 0 radical (unpaired) electrons. The molecule has 1 heterocycles. The molecule has 1 N–H and O–H groups in total. The third-order valence-corrected chi connectivity index (χ3v) is 3.42. The Bertz CT molecular complexity index is 638. The van der Waals surface area contributed by atoms with Crippen molar-refractivity contribution in [1.82, 2.24) is 5.32 Å². The molecule has 0 aliphatic carbocycles. The van der Waals surface area contributed by atoms with Crippen LogP contribution in [0.5, 0.6) is 0 Å². The first-order chi connectivity index (χ1) is 9.04.